The maximum Gasteiger partial charge on any atom is 0.158 e. The van der Waals surface area contributed by atoms with E-state index in [0.717, 1.165) is 26.1 Å². The van der Waals surface area contributed by atoms with Crippen LogP contribution in [-0.2, 0) is 0 Å². The zero-order chi connectivity index (χ0) is 10.9. The van der Waals surface area contributed by atoms with Crippen molar-refractivity contribution in [3.63, 3.8) is 0 Å². The number of nitrogens with zero attached hydrogens (tertiary/aromatic N) is 3. The van der Waals surface area contributed by atoms with Gasteiger partial charge < -0.3 is 10.6 Å². The molecule has 5 nitrogen and oxygen atoms in total. The molecule has 0 atom stereocenters. The minimum atomic E-state index is 0.341. The second-order valence-corrected chi connectivity index (χ2v) is 3.03. The Kier molecular flexibility index (Phi) is 5.12. The summed E-state index contributed by atoms with van der Waals surface area (Å²) < 4.78 is 0. The molecule has 80 valence electrons. The van der Waals surface area contributed by atoms with E-state index in [-0.39, 0.29) is 0 Å². The fraction of sp³-hybridized carbons (Fsp3) is 0.500. The lowest BCUT2D eigenvalue weighted by Gasteiger charge is -2.04. The number of anilines is 1. The predicted octanol–water partition coefficient (Wildman–Crippen LogP) is 0.760. The van der Waals surface area contributed by atoms with E-state index in [1.807, 2.05) is 6.07 Å². The second-order valence-electron chi connectivity index (χ2n) is 3.03. The Hall–Kier alpha value is -1.67. The van der Waals surface area contributed by atoms with E-state index in [2.05, 4.69) is 27.5 Å². The summed E-state index contributed by atoms with van der Waals surface area (Å²) in [6.07, 6.45) is 4.08. The first-order valence-corrected chi connectivity index (χ1v) is 5.03. The molecular formula is C10H15N5. The van der Waals surface area contributed by atoms with Crippen molar-refractivity contribution in [2.24, 2.45) is 0 Å². The van der Waals surface area contributed by atoms with Gasteiger partial charge in [0.2, 0.25) is 0 Å². The third kappa shape index (κ3) is 4.38. The molecule has 1 aromatic heterocycles. The van der Waals surface area contributed by atoms with Gasteiger partial charge in [-0.05, 0) is 19.5 Å². The van der Waals surface area contributed by atoms with Gasteiger partial charge in [-0.25, -0.2) is 9.97 Å². The lowest BCUT2D eigenvalue weighted by molar-refractivity contribution is 0.688. The number of aromatic nitrogens is 2. The van der Waals surface area contributed by atoms with E-state index in [0.29, 0.717) is 11.5 Å². The second kappa shape index (κ2) is 6.74. The molecule has 0 spiro atoms. The van der Waals surface area contributed by atoms with Crippen LogP contribution in [0.25, 0.3) is 0 Å². The van der Waals surface area contributed by atoms with Gasteiger partial charge in [0.05, 0.1) is 12.4 Å². The van der Waals surface area contributed by atoms with Crippen LogP contribution in [0.1, 0.15) is 19.0 Å². The van der Waals surface area contributed by atoms with Crippen LogP contribution in [0.2, 0.25) is 0 Å². The maximum atomic E-state index is 8.52. The minimum absolute atomic E-state index is 0.341. The number of nitriles is 1. The highest BCUT2D eigenvalue weighted by atomic mass is 15.0. The van der Waals surface area contributed by atoms with Gasteiger partial charge in [0, 0.05) is 6.54 Å². The van der Waals surface area contributed by atoms with Gasteiger partial charge in [-0.2, -0.15) is 5.26 Å². The Bertz CT molecular complexity index is 314. The van der Waals surface area contributed by atoms with Crippen molar-refractivity contribution in [3.05, 3.63) is 18.1 Å². The number of hydrogen-bond donors (Lipinski definition) is 2. The summed E-state index contributed by atoms with van der Waals surface area (Å²) in [5, 5.41) is 14.9. The molecule has 1 aromatic rings. The summed E-state index contributed by atoms with van der Waals surface area (Å²) in [5.74, 6) is 0.713. The van der Waals surface area contributed by atoms with Crippen LogP contribution in [0.3, 0.4) is 0 Å². The molecule has 0 aromatic carbocycles. The highest BCUT2D eigenvalue weighted by molar-refractivity contribution is 5.32. The zero-order valence-corrected chi connectivity index (χ0v) is 8.82. The van der Waals surface area contributed by atoms with Gasteiger partial charge in [0.25, 0.3) is 0 Å². The first kappa shape index (κ1) is 11.4. The quantitative estimate of drug-likeness (QED) is 0.671. The Morgan fingerprint density at radius 2 is 2.20 bits per heavy atom. The molecule has 0 unspecified atom stereocenters. The van der Waals surface area contributed by atoms with Crippen molar-refractivity contribution in [1.29, 1.82) is 5.26 Å². The van der Waals surface area contributed by atoms with Gasteiger partial charge in [0.15, 0.2) is 5.69 Å². The summed E-state index contributed by atoms with van der Waals surface area (Å²) in [6, 6.07) is 1.93. The van der Waals surface area contributed by atoms with Crippen molar-refractivity contribution in [3.8, 4) is 6.07 Å². The standard InChI is InChI=1S/C10H15N5/c1-2-12-4-3-5-13-10-8-14-9(6-11)7-15-10/h7-8,12H,2-5H2,1H3,(H,13,15). The molecule has 0 bridgehead atoms. The minimum Gasteiger partial charge on any atom is -0.369 e. The van der Waals surface area contributed by atoms with E-state index in [1.165, 1.54) is 6.20 Å². The summed E-state index contributed by atoms with van der Waals surface area (Å²) in [6.45, 7) is 4.93. The van der Waals surface area contributed by atoms with E-state index in [9.17, 15) is 0 Å². The molecular weight excluding hydrogens is 190 g/mol. The van der Waals surface area contributed by atoms with Crippen LogP contribution in [-0.4, -0.2) is 29.6 Å². The molecule has 1 heterocycles. The molecule has 0 saturated heterocycles. The Balaban J connectivity index is 2.23. The van der Waals surface area contributed by atoms with Crippen LogP contribution in [0.4, 0.5) is 5.82 Å². The van der Waals surface area contributed by atoms with Crippen molar-refractivity contribution < 1.29 is 0 Å². The van der Waals surface area contributed by atoms with E-state index in [1.54, 1.807) is 6.20 Å². The molecule has 0 fully saturated rings. The number of nitrogens with one attached hydrogen (secondary N) is 2. The van der Waals surface area contributed by atoms with Crippen LogP contribution < -0.4 is 10.6 Å². The van der Waals surface area contributed by atoms with Crippen molar-refractivity contribution in [1.82, 2.24) is 15.3 Å². The number of rotatable bonds is 6. The molecule has 0 radical (unpaired) electrons. The third-order valence-corrected chi connectivity index (χ3v) is 1.85. The van der Waals surface area contributed by atoms with Crippen LogP contribution >= 0.6 is 0 Å². The molecule has 0 aliphatic rings. The summed E-state index contributed by atoms with van der Waals surface area (Å²) >= 11 is 0. The van der Waals surface area contributed by atoms with Gasteiger partial charge >= 0.3 is 0 Å². The van der Waals surface area contributed by atoms with E-state index < -0.39 is 0 Å². The normalized spacial score (nSPS) is 9.60. The highest BCUT2D eigenvalue weighted by Crippen LogP contribution is 1.99. The molecule has 2 N–H and O–H groups in total. The van der Waals surface area contributed by atoms with E-state index in [4.69, 9.17) is 5.26 Å². The van der Waals surface area contributed by atoms with Crippen molar-refractivity contribution in [2.75, 3.05) is 25.0 Å². The first-order valence-electron chi connectivity index (χ1n) is 5.03. The zero-order valence-electron chi connectivity index (χ0n) is 8.82. The van der Waals surface area contributed by atoms with Gasteiger partial charge in [0.1, 0.15) is 11.9 Å². The van der Waals surface area contributed by atoms with Crippen LogP contribution in [0.5, 0.6) is 0 Å². The Morgan fingerprint density at radius 3 is 2.80 bits per heavy atom. The molecule has 15 heavy (non-hydrogen) atoms. The predicted molar refractivity (Wildman–Crippen MR) is 58.4 cm³/mol. The fourth-order valence-corrected chi connectivity index (χ4v) is 1.08. The van der Waals surface area contributed by atoms with Crippen LogP contribution in [0, 0.1) is 11.3 Å². The molecule has 0 aliphatic heterocycles. The molecule has 1 rings (SSSR count). The summed E-state index contributed by atoms with van der Waals surface area (Å²) in [4.78, 5) is 7.96. The third-order valence-electron chi connectivity index (χ3n) is 1.85. The lowest BCUT2D eigenvalue weighted by Crippen LogP contribution is -2.17. The smallest absolute Gasteiger partial charge is 0.158 e. The maximum absolute atomic E-state index is 8.52. The van der Waals surface area contributed by atoms with Gasteiger partial charge in [-0.1, -0.05) is 6.92 Å². The van der Waals surface area contributed by atoms with Gasteiger partial charge in [-0.3, -0.25) is 0 Å². The molecule has 5 heteroatoms. The molecule has 0 saturated carbocycles. The number of hydrogen-bond acceptors (Lipinski definition) is 5. The first-order chi connectivity index (χ1) is 7.36. The molecule has 0 aliphatic carbocycles. The SMILES string of the molecule is CCNCCCNc1cnc(C#N)cn1. The molecule has 0 amide bonds. The van der Waals surface area contributed by atoms with E-state index >= 15 is 0 Å². The lowest BCUT2D eigenvalue weighted by atomic mass is 10.4. The van der Waals surface area contributed by atoms with Gasteiger partial charge in [-0.15, -0.1) is 0 Å². The summed E-state index contributed by atoms with van der Waals surface area (Å²) in [7, 11) is 0. The Labute approximate surface area is 89.6 Å². The highest BCUT2D eigenvalue weighted by Gasteiger charge is 1.95. The van der Waals surface area contributed by atoms with Crippen molar-refractivity contribution in [2.45, 2.75) is 13.3 Å². The monoisotopic (exact) mass is 205 g/mol. The van der Waals surface area contributed by atoms with Crippen molar-refractivity contribution >= 4 is 5.82 Å². The van der Waals surface area contributed by atoms with Crippen LogP contribution in [0.15, 0.2) is 12.4 Å². The fourth-order valence-electron chi connectivity index (χ4n) is 1.08. The summed E-state index contributed by atoms with van der Waals surface area (Å²) in [5.41, 5.74) is 0.341. The topological polar surface area (TPSA) is 73.6 Å². The average Bonchev–Trinajstić information content (AvgIpc) is 2.30. The largest absolute Gasteiger partial charge is 0.369 e. The average molecular weight is 205 g/mol. The Morgan fingerprint density at radius 1 is 1.33 bits per heavy atom.